The van der Waals surface area contributed by atoms with Crippen LogP contribution in [-0.4, -0.2) is 154 Å². The molecule has 0 fully saturated rings. The van der Waals surface area contributed by atoms with Crippen molar-refractivity contribution in [3.05, 3.63) is 24.3 Å². The molecule has 0 bridgehead atoms. The van der Waals surface area contributed by atoms with Gasteiger partial charge in [-0.1, -0.05) is 148 Å². The van der Waals surface area contributed by atoms with E-state index in [2.05, 4.69) is 43.6 Å². The fraction of sp³-hybridized carbons (Fsp3) is 0.848. The van der Waals surface area contributed by atoms with Crippen molar-refractivity contribution in [3.8, 4) is 0 Å². The number of rotatable bonds is 56. The van der Waals surface area contributed by atoms with Gasteiger partial charge in [-0.3, -0.25) is 28.8 Å². The topological polar surface area (TPSA) is 204 Å². The molecule has 0 heterocycles. The first-order chi connectivity index (χ1) is 39.2. The molecule has 4 N–H and O–H groups in total. The number of ether oxygens (including phenoxy) is 4. The molecule has 0 rings (SSSR count). The standard InChI is InChI=1S/C66H122N4O12/c1-10-13-16-17-22-29-36-45-60(67-61(73)46-37-30-25-20-18-23-27-34-41-56(71)58(43-32-14-11-2)81-65(77)50-39-48-63(75)79-54-52-69(4,5)6)68-62(74)47-38-31-26-21-19-24-28-35-42-57(72)59(44-33-15-12-3)82-66(78)51-40-49-64(76)80-55-53-70(7,8)9/h27-28,34-35,56-60,71-72H,10-26,29-33,36-55H2,1-9H3/p+2/b34-27-,35-28-. The molecule has 82 heavy (non-hydrogen) atoms. The van der Waals surface area contributed by atoms with E-state index in [0.29, 0.717) is 86.6 Å². The molecular formula is C66H124N4O12+2. The van der Waals surface area contributed by atoms with Gasteiger partial charge in [0.25, 0.3) is 0 Å². The van der Waals surface area contributed by atoms with Gasteiger partial charge in [-0.2, -0.15) is 0 Å². The number of nitrogens with zero attached hydrogens (tertiary/aromatic N) is 2. The molecule has 16 heteroatoms. The fourth-order valence-electron chi connectivity index (χ4n) is 9.26. The number of aliphatic hydroxyl groups is 2. The van der Waals surface area contributed by atoms with Crippen LogP contribution in [0.25, 0.3) is 0 Å². The second kappa shape index (κ2) is 51.6. The van der Waals surface area contributed by atoms with Gasteiger partial charge in [0, 0.05) is 38.5 Å². The number of likely N-dealkylation sites (N-methyl/N-ethyl adjacent to an activating group) is 2. The van der Waals surface area contributed by atoms with E-state index in [1.54, 1.807) is 0 Å². The Labute approximate surface area is 499 Å². The molecule has 478 valence electrons. The van der Waals surface area contributed by atoms with E-state index >= 15 is 0 Å². The maximum Gasteiger partial charge on any atom is 0.306 e. The van der Waals surface area contributed by atoms with E-state index in [-0.39, 0.29) is 55.6 Å². The summed E-state index contributed by atoms with van der Waals surface area (Å²) >= 11 is 0. The van der Waals surface area contributed by atoms with Crippen molar-refractivity contribution in [1.29, 1.82) is 0 Å². The van der Waals surface area contributed by atoms with E-state index in [1.807, 2.05) is 54.4 Å². The van der Waals surface area contributed by atoms with Gasteiger partial charge in [-0.25, -0.2) is 0 Å². The molecule has 0 aromatic carbocycles. The Balaban J connectivity index is 4.68. The number of nitrogens with one attached hydrogen (secondary N) is 2. The summed E-state index contributed by atoms with van der Waals surface area (Å²) in [4.78, 5) is 75.7. The fourth-order valence-corrected chi connectivity index (χ4v) is 9.26. The Kier molecular flexibility index (Phi) is 49.1. The minimum atomic E-state index is -0.793. The summed E-state index contributed by atoms with van der Waals surface area (Å²) in [7, 11) is 12.2. The highest BCUT2D eigenvalue weighted by Gasteiger charge is 2.24. The second-order valence-electron chi connectivity index (χ2n) is 25.0. The van der Waals surface area contributed by atoms with Crippen LogP contribution in [-0.2, 0) is 47.7 Å². The first-order valence-corrected chi connectivity index (χ1v) is 32.7. The molecule has 0 aromatic heterocycles. The number of allylic oxidation sites excluding steroid dienone is 2. The number of aliphatic hydroxyl groups excluding tert-OH is 2. The van der Waals surface area contributed by atoms with Crippen molar-refractivity contribution >= 4 is 35.7 Å². The van der Waals surface area contributed by atoms with Gasteiger partial charge in [0.1, 0.15) is 44.7 Å². The van der Waals surface area contributed by atoms with Crippen LogP contribution in [0.3, 0.4) is 0 Å². The van der Waals surface area contributed by atoms with Crippen molar-refractivity contribution in [2.24, 2.45) is 0 Å². The smallest absolute Gasteiger partial charge is 0.306 e. The Morgan fingerprint density at radius 1 is 0.390 bits per heavy atom. The van der Waals surface area contributed by atoms with Crippen LogP contribution in [0.5, 0.6) is 0 Å². The highest BCUT2D eigenvalue weighted by atomic mass is 16.6. The molecule has 0 radical (unpaired) electrons. The molecule has 0 saturated heterocycles. The van der Waals surface area contributed by atoms with Crippen molar-refractivity contribution in [1.82, 2.24) is 10.6 Å². The molecule has 2 amide bonds. The summed E-state index contributed by atoms with van der Waals surface area (Å²) in [5, 5.41) is 28.2. The number of esters is 4. The molecule has 0 aromatic rings. The van der Waals surface area contributed by atoms with Crippen LogP contribution < -0.4 is 10.6 Å². The third-order valence-corrected chi connectivity index (χ3v) is 14.6. The first-order valence-electron chi connectivity index (χ1n) is 32.7. The Hall–Kier alpha value is -3.86. The predicted octanol–water partition coefficient (Wildman–Crippen LogP) is 12.6. The van der Waals surface area contributed by atoms with E-state index in [1.165, 1.54) is 32.1 Å². The Bertz CT molecular complexity index is 1580. The summed E-state index contributed by atoms with van der Waals surface area (Å²) in [6, 6.07) is 0. The van der Waals surface area contributed by atoms with Gasteiger partial charge < -0.3 is 48.8 Å². The summed E-state index contributed by atoms with van der Waals surface area (Å²) < 4.78 is 23.4. The molecule has 16 nitrogen and oxygen atoms in total. The van der Waals surface area contributed by atoms with Crippen LogP contribution in [0, 0.1) is 0 Å². The van der Waals surface area contributed by atoms with Gasteiger partial charge in [0.15, 0.2) is 0 Å². The van der Waals surface area contributed by atoms with Crippen LogP contribution in [0.15, 0.2) is 24.3 Å². The zero-order valence-corrected chi connectivity index (χ0v) is 53.8. The van der Waals surface area contributed by atoms with Gasteiger partial charge in [0.2, 0.25) is 11.8 Å². The van der Waals surface area contributed by atoms with Crippen molar-refractivity contribution in [3.63, 3.8) is 0 Å². The molecular weight excluding hydrogens is 1040 g/mol. The first kappa shape index (κ1) is 78.1. The Morgan fingerprint density at radius 2 is 0.720 bits per heavy atom. The van der Waals surface area contributed by atoms with Crippen LogP contribution >= 0.6 is 0 Å². The van der Waals surface area contributed by atoms with Gasteiger partial charge in [-0.05, 0) is 103 Å². The third-order valence-electron chi connectivity index (χ3n) is 14.6. The molecule has 0 saturated carbocycles. The van der Waals surface area contributed by atoms with Crippen LogP contribution in [0.4, 0.5) is 0 Å². The predicted molar refractivity (Wildman–Crippen MR) is 330 cm³/mol. The minimum Gasteiger partial charge on any atom is -0.460 e. The molecule has 4 unspecified atom stereocenters. The zero-order chi connectivity index (χ0) is 61.1. The maximum absolute atomic E-state index is 13.1. The number of carbonyl (C=O) groups excluding carboxylic acids is 6. The number of quaternary nitrogens is 2. The monoisotopic (exact) mass is 1160 g/mol. The molecule has 0 aliphatic rings. The average molecular weight is 1170 g/mol. The SMILES string of the molecule is CCCCCCCCCC(NC(=O)CCCCCCC/C=C\CC(O)C(CCCCC)OC(=O)CCCC(=O)OCC[N+](C)(C)C)NC(=O)CCCCCCC/C=C\CC(O)C(CCCCC)OC(=O)CCCC(=O)OCC[N+](C)(C)C. The summed E-state index contributed by atoms with van der Waals surface area (Å²) in [5.74, 6) is -1.47. The summed E-state index contributed by atoms with van der Waals surface area (Å²) in [5.41, 5.74) is 0. The molecule has 0 spiro atoms. The average Bonchev–Trinajstić information content (AvgIpc) is 3.41. The third kappa shape index (κ3) is 51.8. The number of carbonyl (C=O) groups is 6. The van der Waals surface area contributed by atoms with E-state index < -0.39 is 36.4 Å². The van der Waals surface area contributed by atoms with Gasteiger partial charge in [0.05, 0.1) is 54.5 Å². The highest BCUT2D eigenvalue weighted by Crippen LogP contribution is 2.19. The van der Waals surface area contributed by atoms with Crippen LogP contribution in [0.1, 0.15) is 265 Å². The normalized spacial score (nSPS) is 13.8. The number of hydrogen-bond donors (Lipinski definition) is 4. The van der Waals surface area contributed by atoms with E-state index in [0.717, 1.165) is 135 Å². The van der Waals surface area contributed by atoms with Crippen LogP contribution in [0.2, 0.25) is 0 Å². The lowest BCUT2D eigenvalue weighted by Gasteiger charge is -2.23. The lowest BCUT2D eigenvalue weighted by atomic mass is 10.0. The van der Waals surface area contributed by atoms with Crippen molar-refractivity contribution in [2.75, 3.05) is 68.6 Å². The summed E-state index contributed by atoms with van der Waals surface area (Å²) in [6.45, 7) is 8.55. The minimum absolute atomic E-state index is 0.0208. The van der Waals surface area contributed by atoms with Gasteiger partial charge >= 0.3 is 23.9 Å². The lowest BCUT2D eigenvalue weighted by Crippen LogP contribution is -2.47. The zero-order valence-electron chi connectivity index (χ0n) is 53.8. The van der Waals surface area contributed by atoms with Gasteiger partial charge in [-0.15, -0.1) is 0 Å². The Morgan fingerprint density at radius 3 is 1.11 bits per heavy atom. The number of amides is 2. The largest absolute Gasteiger partial charge is 0.460 e. The molecule has 0 aliphatic heterocycles. The second-order valence-corrected chi connectivity index (χ2v) is 25.0. The summed E-state index contributed by atoms with van der Waals surface area (Å²) in [6.07, 6.45) is 35.1. The quantitative estimate of drug-likeness (QED) is 0.0112. The van der Waals surface area contributed by atoms with E-state index in [4.69, 9.17) is 18.9 Å². The lowest BCUT2D eigenvalue weighted by molar-refractivity contribution is -0.870. The highest BCUT2D eigenvalue weighted by molar-refractivity contribution is 5.79. The van der Waals surface area contributed by atoms with Crippen molar-refractivity contribution < 1.29 is 66.9 Å². The molecule has 0 aliphatic carbocycles. The van der Waals surface area contributed by atoms with E-state index in [9.17, 15) is 39.0 Å². The number of unbranched alkanes of at least 4 members (excludes halogenated alkanes) is 20. The maximum atomic E-state index is 13.1. The molecule has 4 atom stereocenters. The number of hydrogen-bond acceptors (Lipinski definition) is 12. The van der Waals surface area contributed by atoms with Crippen molar-refractivity contribution in [2.45, 2.75) is 295 Å².